The van der Waals surface area contributed by atoms with Gasteiger partial charge in [-0.1, -0.05) is 54.6 Å². The number of hydrogen-bond donors (Lipinski definition) is 1. The van der Waals surface area contributed by atoms with Crippen LogP contribution in [0.4, 0.5) is 0 Å². The van der Waals surface area contributed by atoms with Crippen LogP contribution in [0.3, 0.4) is 0 Å². The number of nitrogens with one attached hydrogen (secondary N) is 1. The molecule has 0 aliphatic rings. The number of carbonyl (C=O) groups excluding carboxylic acids is 3. The molecular formula is C23H25NO4. The Labute approximate surface area is 165 Å². The number of esters is 1. The molecule has 0 aromatic heterocycles. The Morgan fingerprint density at radius 3 is 2.21 bits per heavy atom. The van der Waals surface area contributed by atoms with Crippen LogP contribution in [0.1, 0.15) is 42.3 Å². The molecule has 5 heteroatoms. The topological polar surface area (TPSA) is 72.5 Å². The van der Waals surface area contributed by atoms with Gasteiger partial charge in [-0.3, -0.25) is 9.59 Å². The summed E-state index contributed by atoms with van der Waals surface area (Å²) in [5, 5.41) is 2.64. The number of ketones is 1. The van der Waals surface area contributed by atoms with E-state index in [2.05, 4.69) is 5.32 Å². The zero-order chi connectivity index (χ0) is 20.6. The minimum absolute atomic E-state index is 0.0282. The van der Waals surface area contributed by atoms with Crippen LogP contribution in [0.5, 0.6) is 0 Å². The number of benzene rings is 2. The van der Waals surface area contributed by atoms with Gasteiger partial charge >= 0.3 is 5.97 Å². The molecule has 2 rings (SSSR count). The molecular weight excluding hydrogens is 354 g/mol. The molecule has 0 aliphatic heterocycles. The largest absolute Gasteiger partial charge is 0.457 e. The third-order valence-corrected chi connectivity index (χ3v) is 3.70. The summed E-state index contributed by atoms with van der Waals surface area (Å²) in [6.07, 6.45) is 3.22. The lowest BCUT2D eigenvalue weighted by atomic mass is 10.1. The Bertz CT molecular complexity index is 846. The maximum atomic E-state index is 12.0. The highest BCUT2D eigenvalue weighted by Gasteiger charge is 2.13. The van der Waals surface area contributed by atoms with Crippen molar-refractivity contribution < 1.29 is 19.1 Å². The van der Waals surface area contributed by atoms with Crippen molar-refractivity contribution in [2.45, 2.75) is 32.8 Å². The number of Topliss-reactive ketones (excluding diaryl/α,β-unsaturated/α-hetero) is 1. The fourth-order valence-electron chi connectivity index (χ4n) is 2.40. The first kappa shape index (κ1) is 21.1. The van der Waals surface area contributed by atoms with Gasteiger partial charge in [-0.2, -0.15) is 0 Å². The van der Waals surface area contributed by atoms with Gasteiger partial charge in [0.25, 0.3) is 0 Å². The fourth-order valence-corrected chi connectivity index (χ4v) is 2.40. The zero-order valence-electron chi connectivity index (χ0n) is 16.4. The third-order valence-electron chi connectivity index (χ3n) is 3.70. The standard InChI is InChI=1S/C23H25NO4/c1-23(2,3)28-22(27)14-13-17-9-11-18(12-10-17)15-21(26)24-16-20(25)19-7-5-4-6-8-19/h4-14H,15-16H2,1-3H3,(H,24,26). The first-order chi connectivity index (χ1) is 13.2. The summed E-state index contributed by atoms with van der Waals surface area (Å²) in [6, 6.07) is 16.1. The van der Waals surface area contributed by atoms with Gasteiger partial charge in [-0.15, -0.1) is 0 Å². The Hall–Kier alpha value is -3.21. The molecule has 0 unspecified atom stereocenters. The van der Waals surface area contributed by atoms with Crippen LogP contribution in [0, 0.1) is 0 Å². The Morgan fingerprint density at radius 1 is 0.964 bits per heavy atom. The average molecular weight is 379 g/mol. The first-order valence-electron chi connectivity index (χ1n) is 9.08. The minimum Gasteiger partial charge on any atom is -0.457 e. The molecule has 2 aromatic carbocycles. The van der Waals surface area contributed by atoms with Gasteiger partial charge in [-0.25, -0.2) is 4.79 Å². The lowest BCUT2D eigenvalue weighted by molar-refractivity contribution is -0.148. The van der Waals surface area contributed by atoms with Crippen LogP contribution in [-0.2, 0) is 20.7 Å². The van der Waals surface area contributed by atoms with E-state index in [1.807, 2.05) is 51.1 Å². The quantitative estimate of drug-likeness (QED) is 0.453. The number of hydrogen-bond acceptors (Lipinski definition) is 4. The molecule has 0 saturated heterocycles. The van der Waals surface area contributed by atoms with E-state index in [9.17, 15) is 14.4 Å². The predicted octanol–water partition coefficient (Wildman–Crippen LogP) is 3.58. The fraction of sp³-hybridized carbons (Fsp3) is 0.261. The molecule has 2 aromatic rings. The summed E-state index contributed by atoms with van der Waals surface area (Å²) in [7, 11) is 0. The van der Waals surface area contributed by atoms with E-state index in [-0.39, 0.29) is 24.7 Å². The molecule has 0 spiro atoms. The maximum absolute atomic E-state index is 12.0. The van der Waals surface area contributed by atoms with Gasteiger partial charge in [-0.05, 0) is 38.0 Å². The van der Waals surface area contributed by atoms with Crippen LogP contribution in [-0.4, -0.2) is 29.8 Å². The van der Waals surface area contributed by atoms with E-state index in [1.54, 1.807) is 30.3 Å². The normalized spacial score (nSPS) is 11.2. The molecule has 0 fully saturated rings. The highest BCUT2D eigenvalue weighted by Crippen LogP contribution is 2.10. The Kier molecular flexibility index (Phi) is 7.27. The summed E-state index contributed by atoms with van der Waals surface area (Å²) >= 11 is 0. The minimum atomic E-state index is -0.527. The van der Waals surface area contributed by atoms with Gasteiger partial charge in [0.15, 0.2) is 5.78 Å². The molecule has 0 aliphatic carbocycles. The van der Waals surface area contributed by atoms with Crippen LogP contribution >= 0.6 is 0 Å². The van der Waals surface area contributed by atoms with Crippen molar-refractivity contribution >= 4 is 23.7 Å². The van der Waals surface area contributed by atoms with Gasteiger partial charge in [0.2, 0.25) is 5.91 Å². The number of ether oxygens (including phenoxy) is 1. The van der Waals surface area contributed by atoms with Crippen molar-refractivity contribution in [2.24, 2.45) is 0 Å². The van der Waals surface area contributed by atoms with Crippen LogP contribution in [0.15, 0.2) is 60.7 Å². The zero-order valence-corrected chi connectivity index (χ0v) is 16.4. The molecule has 0 heterocycles. The molecule has 0 bridgehead atoms. The summed E-state index contributed by atoms with van der Waals surface area (Å²) in [6.45, 7) is 5.41. The SMILES string of the molecule is CC(C)(C)OC(=O)C=Cc1ccc(CC(=O)NCC(=O)c2ccccc2)cc1. The van der Waals surface area contributed by atoms with E-state index in [4.69, 9.17) is 4.74 Å². The second-order valence-electron chi connectivity index (χ2n) is 7.35. The molecule has 1 amide bonds. The van der Waals surface area contributed by atoms with Crippen LogP contribution in [0.25, 0.3) is 6.08 Å². The van der Waals surface area contributed by atoms with Crippen LogP contribution in [0.2, 0.25) is 0 Å². The molecule has 0 radical (unpaired) electrons. The number of amides is 1. The van der Waals surface area contributed by atoms with Crippen molar-refractivity contribution in [3.8, 4) is 0 Å². The Morgan fingerprint density at radius 2 is 1.61 bits per heavy atom. The first-order valence-corrected chi connectivity index (χ1v) is 9.08. The lowest BCUT2D eigenvalue weighted by Crippen LogP contribution is -2.30. The highest BCUT2D eigenvalue weighted by molar-refractivity contribution is 5.99. The van der Waals surface area contributed by atoms with Crippen molar-refractivity contribution in [3.05, 3.63) is 77.4 Å². The summed E-state index contributed by atoms with van der Waals surface area (Å²) in [5.74, 6) is -0.753. The second kappa shape index (κ2) is 9.65. The van der Waals surface area contributed by atoms with Gasteiger partial charge in [0.05, 0.1) is 13.0 Å². The monoisotopic (exact) mass is 379 g/mol. The molecule has 0 saturated carbocycles. The summed E-state index contributed by atoms with van der Waals surface area (Å²) < 4.78 is 5.21. The van der Waals surface area contributed by atoms with E-state index < -0.39 is 11.6 Å². The van der Waals surface area contributed by atoms with Crippen molar-refractivity contribution in [1.29, 1.82) is 0 Å². The molecule has 0 atom stereocenters. The maximum Gasteiger partial charge on any atom is 0.331 e. The molecule has 146 valence electrons. The average Bonchev–Trinajstić information content (AvgIpc) is 2.65. The molecule has 28 heavy (non-hydrogen) atoms. The second-order valence-corrected chi connectivity index (χ2v) is 7.35. The Balaban J connectivity index is 1.82. The lowest BCUT2D eigenvalue weighted by Gasteiger charge is -2.17. The summed E-state index contributed by atoms with van der Waals surface area (Å²) in [5.41, 5.74) is 1.69. The number of rotatable bonds is 7. The van der Waals surface area contributed by atoms with Crippen LogP contribution < -0.4 is 5.32 Å². The van der Waals surface area contributed by atoms with Gasteiger partial charge in [0.1, 0.15) is 5.60 Å². The smallest absolute Gasteiger partial charge is 0.331 e. The van der Waals surface area contributed by atoms with E-state index in [0.29, 0.717) is 5.56 Å². The van der Waals surface area contributed by atoms with E-state index >= 15 is 0 Å². The van der Waals surface area contributed by atoms with E-state index in [1.165, 1.54) is 6.08 Å². The molecule has 1 N–H and O–H groups in total. The number of carbonyl (C=O) groups is 3. The highest BCUT2D eigenvalue weighted by atomic mass is 16.6. The summed E-state index contributed by atoms with van der Waals surface area (Å²) in [4.78, 5) is 35.7. The van der Waals surface area contributed by atoms with Crippen molar-refractivity contribution in [3.63, 3.8) is 0 Å². The predicted molar refractivity (Wildman–Crippen MR) is 109 cm³/mol. The van der Waals surface area contributed by atoms with Gasteiger partial charge in [0, 0.05) is 11.6 Å². The van der Waals surface area contributed by atoms with Crippen molar-refractivity contribution in [2.75, 3.05) is 6.54 Å². The van der Waals surface area contributed by atoms with Gasteiger partial charge < -0.3 is 10.1 Å². The molecule has 5 nitrogen and oxygen atoms in total. The van der Waals surface area contributed by atoms with Crippen molar-refractivity contribution in [1.82, 2.24) is 5.32 Å². The van der Waals surface area contributed by atoms with E-state index in [0.717, 1.165) is 11.1 Å². The third kappa shape index (κ3) is 7.58.